The van der Waals surface area contributed by atoms with E-state index in [0.717, 1.165) is 0 Å². The second-order valence-corrected chi connectivity index (χ2v) is 6.49. The molecule has 0 saturated heterocycles. The molecule has 1 aromatic rings. The quantitative estimate of drug-likeness (QED) is 0.753. The first-order valence-electron chi connectivity index (χ1n) is 6.28. The zero-order chi connectivity index (χ0) is 16.0. The molecule has 0 saturated carbocycles. The molecule has 0 unspecified atom stereocenters. The zero-order valence-corrected chi connectivity index (χ0v) is 13.4. The van der Waals surface area contributed by atoms with Crippen molar-refractivity contribution < 1.29 is 19.1 Å². The Hall–Kier alpha value is -1.27. The predicted octanol–water partition coefficient (Wildman–Crippen LogP) is 2.69. The number of aliphatic carboxylic acids is 1. The maximum Gasteiger partial charge on any atom is 0.313 e. The maximum absolute atomic E-state index is 13.9. The topological polar surface area (TPSA) is 66.4 Å². The summed E-state index contributed by atoms with van der Waals surface area (Å²) in [5.41, 5.74) is -0.769. The number of amides is 1. The van der Waals surface area contributed by atoms with E-state index in [1.807, 2.05) is 0 Å². The van der Waals surface area contributed by atoms with Crippen molar-refractivity contribution in [3.8, 4) is 0 Å². The summed E-state index contributed by atoms with van der Waals surface area (Å²) in [5.74, 6) is -1.26. The fourth-order valence-corrected chi connectivity index (χ4v) is 2.46. The highest BCUT2D eigenvalue weighted by atomic mass is 35.5. The van der Waals surface area contributed by atoms with Crippen LogP contribution in [0.25, 0.3) is 0 Å². The highest BCUT2D eigenvalue weighted by Crippen LogP contribution is 2.27. The molecule has 1 amide bonds. The summed E-state index contributed by atoms with van der Waals surface area (Å²) >= 11 is 6.91. The number of rotatable bonds is 7. The molecular weight excluding hydrogens is 317 g/mol. The molecule has 1 rings (SSSR count). The first-order valence-corrected chi connectivity index (χ1v) is 7.81. The Bertz CT molecular complexity index is 537. The van der Waals surface area contributed by atoms with Crippen LogP contribution in [-0.4, -0.2) is 35.0 Å². The first-order chi connectivity index (χ1) is 9.75. The number of nitrogens with one attached hydrogen (secondary N) is 1. The van der Waals surface area contributed by atoms with Gasteiger partial charge in [-0.3, -0.25) is 9.59 Å². The van der Waals surface area contributed by atoms with E-state index in [2.05, 4.69) is 5.32 Å². The lowest BCUT2D eigenvalue weighted by atomic mass is 9.83. The van der Waals surface area contributed by atoms with Crippen LogP contribution in [0.3, 0.4) is 0 Å². The number of hydrogen-bond acceptors (Lipinski definition) is 3. The lowest BCUT2D eigenvalue weighted by Crippen LogP contribution is -2.41. The molecule has 0 heterocycles. The minimum absolute atomic E-state index is 0.00885. The average Bonchev–Trinajstić information content (AvgIpc) is 2.37. The summed E-state index contributed by atoms with van der Waals surface area (Å²) in [5, 5.41) is 11.5. The third-order valence-corrected chi connectivity index (χ3v) is 4.11. The van der Waals surface area contributed by atoms with Crippen LogP contribution in [0.15, 0.2) is 18.2 Å². The molecule has 0 radical (unpaired) electrons. The highest BCUT2D eigenvalue weighted by Gasteiger charge is 2.32. The lowest BCUT2D eigenvalue weighted by Gasteiger charge is -2.24. The Kier molecular flexibility index (Phi) is 6.48. The van der Waals surface area contributed by atoms with Gasteiger partial charge in [0.25, 0.3) is 0 Å². The number of thioether (sulfide) groups is 1. The van der Waals surface area contributed by atoms with Crippen LogP contribution in [0.2, 0.25) is 5.02 Å². The summed E-state index contributed by atoms with van der Waals surface area (Å²) in [4.78, 5) is 22.5. The van der Waals surface area contributed by atoms with E-state index in [1.165, 1.54) is 30.0 Å². The standard InChI is InChI=1S/C14H17ClFNO3S/c1-14(2,10-4-3-9(15)7-11(10)16)13(20)17-5-6-21-8-12(18)19/h3-4,7H,5-6,8H2,1-2H3,(H,17,20)(H,18,19). The van der Waals surface area contributed by atoms with Gasteiger partial charge in [-0.15, -0.1) is 11.8 Å². The van der Waals surface area contributed by atoms with Gasteiger partial charge in [0.05, 0.1) is 11.2 Å². The average molecular weight is 334 g/mol. The molecule has 0 aliphatic heterocycles. The molecule has 0 atom stereocenters. The summed E-state index contributed by atoms with van der Waals surface area (Å²) in [6, 6.07) is 4.21. The molecule has 0 fully saturated rings. The Balaban J connectivity index is 2.60. The van der Waals surface area contributed by atoms with E-state index >= 15 is 0 Å². The van der Waals surface area contributed by atoms with Gasteiger partial charge in [-0.25, -0.2) is 4.39 Å². The summed E-state index contributed by atoms with van der Waals surface area (Å²) in [6.07, 6.45) is 0. The molecule has 4 nitrogen and oxygen atoms in total. The van der Waals surface area contributed by atoms with Crippen molar-refractivity contribution in [2.45, 2.75) is 19.3 Å². The van der Waals surface area contributed by atoms with Gasteiger partial charge in [-0.2, -0.15) is 0 Å². The molecule has 0 aliphatic rings. The number of carboxylic acids is 1. The van der Waals surface area contributed by atoms with Crippen molar-refractivity contribution in [1.82, 2.24) is 5.32 Å². The molecule has 0 spiro atoms. The van der Waals surface area contributed by atoms with Gasteiger partial charge in [0.15, 0.2) is 0 Å². The van der Waals surface area contributed by atoms with Crippen LogP contribution in [0.1, 0.15) is 19.4 Å². The van der Waals surface area contributed by atoms with E-state index in [1.54, 1.807) is 13.8 Å². The number of halogens is 2. The Morgan fingerprint density at radius 3 is 2.67 bits per heavy atom. The summed E-state index contributed by atoms with van der Waals surface area (Å²) in [6.45, 7) is 3.58. The Labute approximate surface area is 132 Å². The zero-order valence-electron chi connectivity index (χ0n) is 11.8. The third-order valence-electron chi connectivity index (χ3n) is 2.93. The third kappa shape index (κ3) is 5.21. The first kappa shape index (κ1) is 17.8. The smallest absolute Gasteiger partial charge is 0.313 e. The molecule has 0 aromatic heterocycles. The van der Waals surface area contributed by atoms with Crippen LogP contribution in [0, 0.1) is 5.82 Å². The van der Waals surface area contributed by atoms with E-state index in [4.69, 9.17) is 16.7 Å². The largest absolute Gasteiger partial charge is 0.481 e. The molecule has 21 heavy (non-hydrogen) atoms. The van der Waals surface area contributed by atoms with Gasteiger partial charge < -0.3 is 10.4 Å². The molecule has 0 aliphatic carbocycles. The van der Waals surface area contributed by atoms with E-state index in [9.17, 15) is 14.0 Å². The Morgan fingerprint density at radius 2 is 2.10 bits per heavy atom. The van der Waals surface area contributed by atoms with Crippen LogP contribution in [0.4, 0.5) is 4.39 Å². The fraction of sp³-hybridized carbons (Fsp3) is 0.429. The van der Waals surface area contributed by atoms with Crippen LogP contribution in [0.5, 0.6) is 0 Å². The summed E-state index contributed by atoms with van der Waals surface area (Å²) < 4.78 is 13.9. The van der Waals surface area contributed by atoms with Gasteiger partial charge in [0.1, 0.15) is 5.82 Å². The van der Waals surface area contributed by atoms with Gasteiger partial charge >= 0.3 is 5.97 Å². The van der Waals surface area contributed by atoms with Gasteiger partial charge in [0.2, 0.25) is 5.91 Å². The second-order valence-electron chi connectivity index (χ2n) is 4.95. The Morgan fingerprint density at radius 1 is 1.43 bits per heavy atom. The number of hydrogen-bond donors (Lipinski definition) is 2. The van der Waals surface area contributed by atoms with E-state index < -0.39 is 17.2 Å². The van der Waals surface area contributed by atoms with Crippen molar-refractivity contribution in [3.63, 3.8) is 0 Å². The molecule has 1 aromatic carbocycles. The second kappa shape index (κ2) is 7.66. The predicted molar refractivity (Wildman–Crippen MR) is 82.4 cm³/mol. The minimum atomic E-state index is -1.04. The van der Waals surface area contributed by atoms with Crippen LogP contribution in [-0.2, 0) is 15.0 Å². The number of benzene rings is 1. The van der Waals surface area contributed by atoms with Crippen molar-refractivity contribution in [2.24, 2.45) is 0 Å². The van der Waals surface area contributed by atoms with Gasteiger partial charge in [0, 0.05) is 22.9 Å². The molecule has 7 heteroatoms. The van der Waals surface area contributed by atoms with Crippen molar-refractivity contribution >= 4 is 35.2 Å². The SMILES string of the molecule is CC(C)(C(=O)NCCSCC(=O)O)c1ccc(Cl)cc1F. The fourth-order valence-electron chi connectivity index (χ4n) is 1.74. The molecular formula is C14H17ClFNO3S. The van der Waals surface area contributed by atoms with Gasteiger partial charge in [-0.1, -0.05) is 17.7 Å². The minimum Gasteiger partial charge on any atom is -0.481 e. The molecule has 116 valence electrons. The van der Waals surface area contributed by atoms with Crippen molar-refractivity contribution in [2.75, 3.05) is 18.1 Å². The van der Waals surface area contributed by atoms with Crippen molar-refractivity contribution in [1.29, 1.82) is 0 Å². The number of carbonyl (C=O) groups excluding carboxylic acids is 1. The monoisotopic (exact) mass is 333 g/mol. The number of carbonyl (C=O) groups is 2. The highest BCUT2D eigenvalue weighted by molar-refractivity contribution is 7.99. The van der Waals surface area contributed by atoms with E-state index in [-0.39, 0.29) is 22.2 Å². The normalized spacial score (nSPS) is 11.2. The molecule has 2 N–H and O–H groups in total. The lowest BCUT2D eigenvalue weighted by molar-refractivity contribution is -0.134. The summed E-state index contributed by atoms with van der Waals surface area (Å²) in [7, 11) is 0. The van der Waals surface area contributed by atoms with Crippen LogP contribution < -0.4 is 5.32 Å². The molecule has 0 bridgehead atoms. The number of carboxylic acid groups (broad SMARTS) is 1. The van der Waals surface area contributed by atoms with E-state index in [0.29, 0.717) is 12.3 Å². The van der Waals surface area contributed by atoms with Gasteiger partial charge in [-0.05, 0) is 26.0 Å². The van der Waals surface area contributed by atoms with Crippen molar-refractivity contribution in [3.05, 3.63) is 34.6 Å². The maximum atomic E-state index is 13.9. The van der Waals surface area contributed by atoms with Crippen LogP contribution >= 0.6 is 23.4 Å².